The van der Waals surface area contributed by atoms with Crippen LogP contribution < -0.4 is 0 Å². The lowest BCUT2D eigenvalue weighted by molar-refractivity contribution is 0.530. The summed E-state index contributed by atoms with van der Waals surface area (Å²) < 4.78 is 2.09. The fraction of sp³-hybridized carbons (Fsp3) is 0.625. The van der Waals surface area contributed by atoms with Crippen molar-refractivity contribution in [3.8, 4) is 0 Å². The summed E-state index contributed by atoms with van der Waals surface area (Å²) in [7, 11) is 0. The summed E-state index contributed by atoms with van der Waals surface area (Å²) in [5.41, 5.74) is 0.951. The van der Waals surface area contributed by atoms with E-state index in [1.54, 1.807) is 0 Å². The van der Waals surface area contributed by atoms with Gasteiger partial charge in [-0.2, -0.15) is 0 Å². The first-order valence-electron chi connectivity index (χ1n) is 3.86. The van der Waals surface area contributed by atoms with Crippen molar-refractivity contribution in [2.24, 2.45) is 0 Å². The van der Waals surface area contributed by atoms with Gasteiger partial charge in [-0.25, -0.2) is 4.98 Å². The fourth-order valence-corrected chi connectivity index (χ4v) is 1.04. The molecule has 0 bridgehead atoms. The van der Waals surface area contributed by atoms with Crippen LogP contribution in [0.5, 0.6) is 0 Å². The molecular formula is C8H13ClN2. The highest BCUT2D eigenvalue weighted by Crippen LogP contribution is 2.10. The Morgan fingerprint density at radius 3 is 2.91 bits per heavy atom. The minimum atomic E-state index is 0.503. The van der Waals surface area contributed by atoms with Crippen molar-refractivity contribution >= 4 is 11.6 Å². The Balaban J connectivity index is 2.71. The Morgan fingerprint density at radius 1 is 1.73 bits per heavy atom. The molecule has 62 valence electrons. The van der Waals surface area contributed by atoms with E-state index in [1.165, 1.54) is 0 Å². The third-order valence-electron chi connectivity index (χ3n) is 1.89. The van der Waals surface area contributed by atoms with Crippen molar-refractivity contribution in [2.75, 3.05) is 0 Å². The van der Waals surface area contributed by atoms with E-state index in [1.807, 2.05) is 12.5 Å². The van der Waals surface area contributed by atoms with Crippen LogP contribution in [0.4, 0.5) is 0 Å². The van der Waals surface area contributed by atoms with Gasteiger partial charge in [-0.3, -0.25) is 0 Å². The maximum atomic E-state index is 5.61. The van der Waals surface area contributed by atoms with Crippen molar-refractivity contribution in [1.82, 2.24) is 9.55 Å². The molecule has 0 aliphatic carbocycles. The molecule has 1 unspecified atom stereocenters. The zero-order valence-corrected chi connectivity index (χ0v) is 7.67. The van der Waals surface area contributed by atoms with Crippen LogP contribution in [0.1, 0.15) is 32.0 Å². The molecule has 0 N–H and O–H groups in total. The number of alkyl halides is 1. The van der Waals surface area contributed by atoms with Gasteiger partial charge in [-0.1, -0.05) is 6.92 Å². The summed E-state index contributed by atoms with van der Waals surface area (Å²) in [5, 5.41) is 0. The first kappa shape index (κ1) is 8.60. The highest BCUT2D eigenvalue weighted by molar-refractivity contribution is 6.16. The molecule has 0 fully saturated rings. The van der Waals surface area contributed by atoms with E-state index in [4.69, 9.17) is 11.6 Å². The lowest BCUT2D eigenvalue weighted by atomic mass is 10.3. The predicted molar refractivity (Wildman–Crippen MR) is 46.8 cm³/mol. The standard InChI is InChI=1S/C8H13ClN2/c1-3-7(2)11-5-8(4-9)10-6-11/h5-7H,3-4H2,1-2H3. The van der Waals surface area contributed by atoms with Crippen LogP contribution in [0.2, 0.25) is 0 Å². The predicted octanol–water partition coefficient (Wildman–Crippen LogP) is 2.59. The van der Waals surface area contributed by atoms with Crippen LogP contribution in [0.3, 0.4) is 0 Å². The third-order valence-corrected chi connectivity index (χ3v) is 2.17. The van der Waals surface area contributed by atoms with Gasteiger partial charge in [0, 0.05) is 12.2 Å². The smallest absolute Gasteiger partial charge is 0.0952 e. The Labute approximate surface area is 72.2 Å². The van der Waals surface area contributed by atoms with Crippen LogP contribution in [-0.2, 0) is 5.88 Å². The van der Waals surface area contributed by atoms with Gasteiger partial charge in [-0.15, -0.1) is 11.6 Å². The zero-order valence-electron chi connectivity index (χ0n) is 6.92. The molecule has 0 saturated heterocycles. The quantitative estimate of drug-likeness (QED) is 0.641. The Bertz CT molecular complexity index is 220. The van der Waals surface area contributed by atoms with Gasteiger partial charge in [0.05, 0.1) is 17.9 Å². The number of hydrogen-bond acceptors (Lipinski definition) is 1. The highest BCUT2D eigenvalue weighted by atomic mass is 35.5. The molecule has 0 radical (unpaired) electrons. The average Bonchev–Trinajstić information content (AvgIpc) is 2.50. The van der Waals surface area contributed by atoms with Gasteiger partial charge in [0.1, 0.15) is 0 Å². The van der Waals surface area contributed by atoms with Gasteiger partial charge in [-0.05, 0) is 13.3 Å². The van der Waals surface area contributed by atoms with E-state index in [0.717, 1.165) is 12.1 Å². The molecule has 0 spiro atoms. The maximum absolute atomic E-state index is 5.61. The number of aromatic nitrogens is 2. The van der Waals surface area contributed by atoms with Crippen LogP contribution in [0, 0.1) is 0 Å². The Hall–Kier alpha value is -0.500. The molecule has 1 aromatic heterocycles. The molecule has 0 saturated carbocycles. The van der Waals surface area contributed by atoms with E-state index >= 15 is 0 Å². The topological polar surface area (TPSA) is 17.8 Å². The molecule has 0 aromatic carbocycles. The van der Waals surface area contributed by atoms with Gasteiger partial charge < -0.3 is 4.57 Å². The fourth-order valence-electron chi connectivity index (χ4n) is 0.900. The molecule has 1 heterocycles. The first-order valence-corrected chi connectivity index (χ1v) is 4.39. The number of hydrogen-bond donors (Lipinski definition) is 0. The number of nitrogens with zero attached hydrogens (tertiary/aromatic N) is 2. The van der Waals surface area contributed by atoms with Crippen LogP contribution in [0.15, 0.2) is 12.5 Å². The van der Waals surface area contributed by atoms with E-state index < -0.39 is 0 Å². The van der Waals surface area contributed by atoms with Gasteiger partial charge in [0.2, 0.25) is 0 Å². The Morgan fingerprint density at radius 2 is 2.45 bits per heavy atom. The van der Waals surface area contributed by atoms with E-state index in [0.29, 0.717) is 11.9 Å². The van der Waals surface area contributed by atoms with Crippen LogP contribution in [-0.4, -0.2) is 9.55 Å². The molecule has 0 amide bonds. The normalized spacial score (nSPS) is 13.4. The van der Waals surface area contributed by atoms with Crippen molar-refractivity contribution < 1.29 is 0 Å². The molecule has 1 rings (SSSR count). The van der Waals surface area contributed by atoms with E-state index in [2.05, 4.69) is 23.4 Å². The molecular weight excluding hydrogens is 160 g/mol. The first-order chi connectivity index (χ1) is 5.27. The summed E-state index contributed by atoms with van der Waals surface area (Å²) in [5.74, 6) is 0.503. The monoisotopic (exact) mass is 172 g/mol. The van der Waals surface area contributed by atoms with Gasteiger partial charge in [0.25, 0.3) is 0 Å². The molecule has 0 aliphatic rings. The maximum Gasteiger partial charge on any atom is 0.0952 e. The number of imidazole rings is 1. The number of rotatable bonds is 3. The van der Waals surface area contributed by atoms with Crippen LogP contribution in [0.25, 0.3) is 0 Å². The van der Waals surface area contributed by atoms with Crippen molar-refractivity contribution in [3.05, 3.63) is 18.2 Å². The van der Waals surface area contributed by atoms with Crippen molar-refractivity contribution in [1.29, 1.82) is 0 Å². The second-order valence-electron chi connectivity index (χ2n) is 2.70. The second kappa shape index (κ2) is 3.77. The summed E-state index contributed by atoms with van der Waals surface area (Å²) in [4.78, 5) is 4.13. The Kier molecular flexibility index (Phi) is 2.94. The minimum Gasteiger partial charge on any atom is -0.334 e. The van der Waals surface area contributed by atoms with Crippen molar-refractivity contribution in [2.45, 2.75) is 32.2 Å². The summed E-state index contributed by atoms with van der Waals surface area (Å²) >= 11 is 5.61. The number of halogens is 1. The van der Waals surface area contributed by atoms with Crippen LogP contribution >= 0.6 is 11.6 Å². The van der Waals surface area contributed by atoms with Crippen molar-refractivity contribution in [3.63, 3.8) is 0 Å². The minimum absolute atomic E-state index is 0.503. The van der Waals surface area contributed by atoms with E-state index in [-0.39, 0.29) is 0 Å². The molecule has 0 aliphatic heterocycles. The SMILES string of the molecule is CCC(C)n1cnc(CCl)c1. The largest absolute Gasteiger partial charge is 0.334 e. The third kappa shape index (κ3) is 1.96. The molecule has 2 nitrogen and oxygen atoms in total. The van der Waals surface area contributed by atoms with Gasteiger partial charge in [0.15, 0.2) is 0 Å². The lowest BCUT2D eigenvalue weighted by Crippen LogP contribution is -1.99. The second-order valence-corrected chi connectivity index (χ2v) is 2.97. The zero-order chi connectivity index (χ0) is 8.27. The van der Waals surface area contributed by atoms with Gasteiger partial charge >= 0.3 is 0 Å². The van der Waals surface area contributed by atoms with E-state index in [9.17, 15) is 0 Å². The summed E-state index contributed by atoms with van der Waals surface area (Å²) in [6, 6.07) is 0.527. The highest BCUT2D eigenvalue weighted by Gasteiger charge is 2.01. The molecule has 3 heteroatoms. The summed E-state index contributed by atoms with van der Waals surface area (Å²) in [6.45, 7) is 4.32. The average molecular weight is 173 g/mol. The molecule has 1 aromatic rings. The molecule has 1 atom stereocenters. The summed E-state index contributed by atoms with van der Waals surface area (Å²) in [6.07, 6.45) is 4.96. The molecule has 11 heavy (non-hydrogen) atoms. The lowest BCUT2D eigenvalue weighted by Gasteiger charge is -2.08.